The lowest BCUT2D eigenvalue weighted by molar-refractivity contribution is -0.705. The Bertz CT molecular complexity index is 2330. The second kappa shape index (κ2) is 11.2. The molecular formula is C30H23N6O8S+. The standard InChI is InChI=1S/C30H22N6O8S/c1-18-7-12-22(13-8-18)35-29(30(38)44-33-35)45(41,42)32-20-10-14-21(15-11-20)34-27(31-24-6-4-3-5-23(24)28(34)37)19-9-16-26(43-2)25(17-19)36(39)40/h3-17,32H,1-2H3/p+1. The van der Waals surface area contributed by atoms with Gasteiger partial charge < -0.3 is 4.74 Å². The Kier molecular flexibility index (Phi) is 7.22. The monoisotopic (exact) mass is 627 g/mol. The first-order valence-electron chi connectivity index (χ1n) is 13.3. The molecule has 15 heteroatoms. The molecule has 2 aromatic heterocycles. The van der Waals surface area contributed by atoms with Crippen molar-refractivity contribution in [2.45, 2.75) is 11.9 Å². The molecule has 6 aromatic rings. The van der Waals surface area contributed by atoms with Crippen molar-refractivity contribution >= 4 is 32.3 Å². The summed E-state index contributed by atoms with van der Waals surface area (Å²) in [5, 5.41) is 13.7. The van der Waals surface area contributed by atoms with Crippen molar-refractivity contribution in [1.82, 2.24) is 14.8 Å². The summed E-state index contributed by atoms with van der Waals surface area (Å²) in [5.41, 5.74) is 0.449. The number of hydrogen-bond donors (Lipinski definition) is 2. The number of H-pyrrole nitrogens is 1. The Morgan fingerprint density at radius 3 is 2.40 bits per heavy atom. The van der Waals surface area contributed by atoms with Crippen molar-refractivity contribution in [2.24, 2.45) is 0 Å². The molecule has 0 aliphatic heterocycles. The minimum absolute atomic E-state index is 0.0373. The van der Waals surface area contributed by atoms with Crippen LogP contribution in [0.15, 0.2) is 110 Å². The van der Waals surface area contributed by atoms with Gasteiger partial charge in [0.25, 0.3) is 5.56 Å². The van der Waals surface area contributed by atoms with Crippen molar-refractivity contribution in [1.29, 1.82) is 0 Å². The molecule has 2 N–H and O–H groups in total. The van der Waals surface area contributed by atoms with E-state index >= 15 is 0 Å². The lowest BCUT2D eigenvalue weighted by Crippen LogP contribution is -2.42. The summed E-state index contributed by atoms with van der Waals surface area (Å²) < 4.78 is 41.2. The van der Waals surface area contributed by atoms with Crippen molar-refractivity contribution in [3.05, 3.63) is 127 Å². The van der Waals surface area contributed by atoms with E-state index in [0.717, 1.165) is 10.2 Å². The zero-order valence-corrected chi connectivity index (χ0v) is 24.4. The highest BCUT2D eigenvalue weighted by molar-refractivity contribution is 7.92. The molecule has 0 unspecified atom stereocenters. The molecule has 4 aromatic carbocycles. The van der Waals surface area contributed by atoms with Crippen LogP contribution in [0.3, 0.4) is 0 Å². The average molecular weight is 628 g/mol. The Hall–Kier alpha value is -6.09. The van der Waals surface area contributed by atoms with Crippen LogP contribution in [0.5, 0.6) is 5.75 Å². The van der Waals surface area contributed by atoms with Gasteiger partial charge in [0.2, 0.25) is 5.69 Å². The Morgan fingerprint density at radius 1 is 1.00 bits per heavy atom. The number of rotatable bonds is 8. The number of aromatic amines is 1. The number of hydrogen-bond acceptors (Lipinski definition) is 9. The lowest BCUT2D eigenvalue weighted by Gasteiger charge is -2.15. The number of nitro benzene ring substituents is 1. The number of nitrogens with one attached hydrogen (secondary N) is 2. The molecule has 0 bridgehead atoms. The van der Waals surface area contributed by atoms with Gasteiger partial charge in [0.15, 0.2) is 5.75 Å². The number of nitrogens with zero attached hydrogens (tertiary/aromatic N) is 4. The van der Waals surface area contributed by atoms with Crippen LogP contribution in [0, 0.1) is 17.0 Å². The number of nitro groups is 1. The van der Waals surface area contributed by atoms with E-state index in [1.54, 1.807) is 54.6 Å². The third-order valence-corrected chi connectivity index (χ3v) is 8.30. The maximum Gasteiger partial charge on any atom is 0.449 e. The molecule has 0 aliphatic rings. The smallest absolute Gasteiger partial charge is 0.449 e. The number of aromatic nitrogens is 4. The van der Waals surface area contributed by atoms with E-state index in [0.29, 0.717) is 22.3 Å². The normalized spacial score (nSPS) is 11.4. The number of para-hydroxylation sites is 1. The van der Waals surface area contributed by atoms with Gasteiger partial charge in [-0.15, -0.1) is 0 Å². The molecule has 0 atom stereocenters. The summed E-state index contributed by atoms with van der Waals surface area (Å²) in [7, 11) is -3.14. The first-order chi connectivity index (χ1) is 21.6. The van der Waals surface area contributed by atoms with E-state index in [9.17, 15) is 28.1 Å². The fraction of sp³-hybridized carbons (Fsp3) is 0.0667. The van der Waals surface area contributed by atoms with Crippen LogP contribution in [-0.4, -0.2) is 35.3 Å². The van der Waals surface area contributed by atoms with Gasteiger partial charge in [0.1, 0.15) is 5.82 Å². The predicted octanol–water partition coefficient (Wildman–Crippen LogP) is 3.64. The molecule has 0 spiro atoms. The third-order valence-electron chi connectivity index (χ3n) is 6.94. The molecule has 226 valence electrons. The van der Waals surface area contributed by atoms with E-state index < -0.39 is 31.2 Å². The molecular weight excluding hydrogens is 604 g/mol. The van der Waals surface area contributed by atoms with E-state index in [-0.39, 0.29) is 28.5 Å². The molecule has 6 rings (SSSR count). The number of ether oxygens (including phenoxy) is 1. The Morgan fingerprint density at radius 2 is 1.71 bits per heavy atom. The quantitative estimate of drug-likeness (QED) is 0.145. The van der Waals surface area contributed by atoms with E-state index in [1.807, 2.05) is 6.92 Å². The van der Waals surface area contributed by atoms with Crippen LogP contribution in [0.1, 0.15) is 5.56 Å². The van der Waals surface area contributed by atoms with Gasteiger partial charge in [-0.2, -0.15) is 8.42 Å². The average Bonchev–Trinajstić information content (AvgIpc) is 3.43. The number of aryl methyl sites for hydroxylation is 1. The number of anilines is 1. The largest absolute Gasteiger partial charge is 0.490 e. The fourth-order valence-electron chi connectivity index (χ4n) is 4.78. The summed E-state index contributed by atoms with van der Waals surface area (Å²) in [5.74, 6) is 0.150. The summed E-state index contributed by atoms with van der Waals surface area (Å²) in [6, 6.07) is 23.4. The summed E-state index contributed by atoms with van der Waals surface area (Å²) in [6.45, 7) is 1.86. The Labute approximate surface area is 253 Å². The number of methoxy groups -OCH3 is 1. The van der Waals surface area contributed by atoms with Gasteiger partial charge in [-0.05, 0) is 65.4 Å². The molecule has 14 nitrogen and oxygen atoms in total. The van der Waals surface area contributed by atoms with Crippen LogP contribution in [0.2, 0.25) is 0 Å². The maximum atomic E-state index is 13.8. The van der Waals surface area contributed by atoms with Crippen molar-refractivity contribution in [3.8, 4) is 28.5 Å². The van der Waals surface area contributed by atoms with E-state index in [4.69, 9.17) is 9.26 Å². The number of benzene rings is 4. The highest BCUT2D eigenvalue weighted by atomic mass is 32.2. The summed E-state index contributed by atoms with van der Waals surface area (Å²) in [6.07, 6.45) is 0. The van der Waals surface area contributed by atoms with Crippen LogP contribution >= 0.6 is 0 Å². The van der Waals surface area contributed by atoms with Gasteiger partial charge in [-0.3, -0.25) is 28.7 Å². The van der Waals surface area contributed by atoms with E-state index in [1.165, 1.54) is 48.1 Å². The molecule has 0 amide bonds. The second-order valence-electron chi connectivity index (χ2n) is 9.85. The predicted molar refractivity (Wildman–Crippen MR) is 162 cm³/mol. The second-order valence-corrected chi connectivity index (χ2v) is 11.4. The number of sulfonamides is 1. The van der Waals surface area contributed by atoms with Crippen LogP contribution in [-0.2, 0) is 10.0 Å². The zero-order valence-electron chi connectivity index (χ0n) is 23.6. The minimum Gasteiger partial charge on any atom is -0.490 e. The molecule has 0 aliphatic carbocycles. The molecule has 0 saturated heterocycles. The minimum atomic E-state index is -4.46. The topological polar surface area (TPSA) is 183 Å². The highest BCUT2D eigenvalue weighted by Gasteiger charge is 2.36. The van der Waals surface area contributed by atoms with Crippen LogP contribution in [0.4, 0.5) is 11.4 Å². The zero-order chi connectivity index (χ0) is 31.9. The van der Waals surface area contributed by atoms with Gasteiger partial charge in [-0.25, -0.2) is 9.78 Å². The van der Waals surface area contributed by atoms with Gasteiger partial charge in [0, 0.05) is 29.4 Å². The summed E-state index contributed by atoms with van der Waals surface area (Å²) in [4.78, 5) is 42.0. The Balaban J connectivity index is 1.42. The SMILES string of the molecule is COc1ccc(-c2nc3ccccc3c(=O)n2-c2ccc(NS(=O)(=O)c3c(=O)o[nH][n+]3-c3ccc(C)cc3)cc2)cc1[N+](=O)[O-]. The first-order valence-corrected chi connectivity index (χ1v) is 14.7. The summed E-state index contributed by atoms with van der Waals surface area (Å²) >= 11 is 0. The first kappa shape index (κ1) is 29.0. The van der Waals surface area contributed by atoms with Gasteiger partial charge in [-0.1, -0.05) is 29.8 Å². The van der Waals surface area contributed by atoms with E-state index in [2.05, 4.69) is 15.0 Å². The fourth-order valence-corrected chi connectivity index (χ4v) is 5.96. The molecule has 0 saturated carbocycles. The molecule has 2 heterocycles. The molecule has 0 fully saturated rings. The van der Waals surface area contributed by atoms with Crippen molar-refractivity contribution in [2.75, 3.05) is 11.8 Å². The highest BCUT2D eigenvalue weighted by Crippen LogP contribution is 2.32. The van der Waals surface area contributed by atoms with Crippen molar-refractivity contribution in [3.63, 3.8) is 0 Å². The van der Waals surface area contributed by atoms with Gasteiger partial charge >= 0.3 is 26.4 Å². The molecule has 0 radical (unpaired) electrons. The maximum absolute atomic E-state index is 13.8. The van der Waals surface area contributed by atoms with Crippen LogP contribution in [0.25, 0.3) is 33.7 Å². The van der Waals surface area contributed by atoms with Gasteiger partial charge in [0.05, 0.1) is 28.6 Å². The lowest BCUT2D eigenvalue weighted by atomic mass is 10.1. The molecule has 45 heavy (non-hydrogen) atoms. The van der Waals surface area contributed by atoms with Crippen LogP contribution < -0.4 is 25.3 Å². The number of fused-ring (bicyclic) bond motifs is 1. The van der Waals surface area contributed by atoms with Crippen molar-refractivity contribution < 1.29 is 27.3 Å². The third kappa shape index (κ3) is 5.31.